The zero-order chi connectivity index (χ0) is 19.5. The van der Waals surface area contributed by atoms with Gasteiger partial charge in [-0.15, -0.1) is 11.3 Å². The van der Waals surface area contributed by atoms with Crippen molar-refractivity contribution in [3.05, 3.63) is 34.8 Å². The van der Waals surface area contributed by atoms with Crippen molar-refractivity contribution in [3.63, 3.8) is 0 Å². The summed E-state index contributed by atoms with van der Waals surface area (Å²) in [7, 11) is 1.62. The van der Waals surface area contributed by atoms with E-state index in [-0.39, 0.29) is 12.4 Å². The van der Waals surface area contributed by atoms with Crippen LogP contribution in [0.25, 0.3) is 0 Å². The van der Waals surface area contributed by atoms with Gasteiger partial charge in [0.25, 0.3) is 0 Å². The summed E-state index contributed by atoms with van der Waals surface area (Å²) in [6.07, 6.45) is 3.89. The number of methoxy groups -OCH3 is 1. The van der Waals surface area contributed by atoms with Crippen molar-refractivity contribution in [2.75, 3.05) is 25.7 Å². The van der Waals surface area contributed by atoms with Crippen molar-refractivity contribution < 1.29 is 19.0 Å². The fourth-order valence-electron chi connectivity index (χ4n) is 2.17. The second-order valence-electron chi connectivity index (χ2n) is 5.61. The molecule has 0 aliphatic rings. The van der Waals surface area contributed by atoms with Gasteiger partial charge in [-0.2, -0.15) is 5.10 Å². The molecule has 0 amide bonds. The Hall–Kier alpha value is -2.61. The molecule has 8 heteroatoms. The third kappa shape index (κ3) is 6.90. The molecule has 0 saturated heterocycles. The Morgan fingerprint density at radius 3 is 2.93 bits per heavy atom. The second kappa shape index (κ2) is 11.2. The second-order valence-corrected chi connectivity index (χ2v) is 6.47. The zero-order valence-electron chi connectivity index (χ0n) is 15.9. The van der Waals surface area contributed by atoms with Crippen LogP contribution in [0.1, 0.15) is 37.9 Å². The number of ether oxygens (including phenoxy) is 3. The Balaban J connectivity index is 1.94. The topological polar surface area (TPSA) is 82.0 Å². The molecule has 0 aliphatic carbocycles. The Morgan fingerprint density at radius 1 is 1.33 bits per heavy atom. The summed E-state index contributed by atoms with van der Waals surface area (Å²) in [5.74, 6) is 1.10. The van der Waals surface area contributed by atoms with Gasteiger partial charge in [0.1, 0.15) is 0 Å². The fourth-order valence-corrected chi connectivity index (χ4v) is 2.83. The standard InChI is InChI=1S/C19H25N3O4S/c1-4-6-9-26-17-10-14(7-8-16(17)24-3)12-20-22-19-21-15(13-27-19)11-18(23)25-5-2/h7-8,10,12-13H,4-6,9,11H2,1-3H3,(H,21,22). The lowest BCUT2D eigenvalue weighted by atomic mass is 10.2. The molecule has 0 fully saturated rings. The summed E-state index contributed by atoms with van der Waals surface area (Å²) >= 11 is 1.38. The minimum absolute atomic E-state index is 0.159. The van der Waals surface area contributed by atoms with E-state index >= 15 is 0 Å². The molecule has 0 saturated carbocycles. The first kappa shape index (κ1) is 20.7. The van der Waals surface area contributed by atoms with Crippen LogP contribution in [0, 0.1) is 0 Å². The van der Waals surface area contributed by atoms with E-state index in [4.69, 9.17) is 14.2 Å². The van der Waals surface area contributed by atoms with Gasteiger partial charge in [-0.1, -0.05) is 13.3 Å². The summed E-state index contributed by atoms with van der Waals surface area (Å²) in [6.45, 7) is 4.91. The van der Waals surface area contributed by atoms with Crippen LogP contribution in [-0.2, 0) is 16.0 Å². The molecule has 146 valence electrons. The van der Waals surface area contributed by atoms with Crippen LogP contribution in [-0.4, -0.2) is 37.5 Å². The maximum atomic E-state index is 11.5. The highest BCUT2D eigenvalue weighted by atomic mass is 32.1. The molecule has 0 spiro atoms. The van der Waals surface area contributed by atoms with Gasteiger partial charge < -0.3 is 14.2 Å². The minimum Gasteiger partial charge on any atom is -0.493 e. The first-order valence-corrected chi connectivity index (χ1v) is 9.74. The van der Waals surface area contributed by atoms with E-state index < -0.39 is 0 Å². The number of esters is 1. The Morgan fingerprint density at radius 2 is 2.19 bits per heavy atom. The molecule has 0 unspecified atom stereocenters. The highest BCUT2D eigenvalue weighted by Gasteiger charge is 2.08. The van der Waals surface area contributed by atoms with E-state index in [1.807, 2.05) is 23.6 Å². The van der Waals surface area contributed by atoms with E-state index in [2.05, 4.69) is 22.4 Å². The van der Waals surface area contributed by atoms with Crippen LogP contribution >= 0.6 is 11.3 Å². The third-order valence-corrected chi connectivity index (χ3v) is 4.30. The summed E-state index contributed by atoms with van der Waals surface area (Å²) in [5, 5.41) is 6.61. The maximum absolute atomic E-state index is 11.5. The van der Waals surface area contributed by atoms with E-state index in [9.17, 15) is 4.79 Å². The highest BCUT2D eigenvalue weighted by molar-refractivity contribution is 7.13. The number of unbranched alkanes of at least 4 members (excludes halogenated alkanes) is 1. The average Bonchev–Trinajstić information content (AvgIpc) is 3.09. The quantitative estimate of drug-likeness (QED) is 0.271. The molecule has 2 rings (SSSR count). The summed E-state index contributed by atoms with van der Waals surface area (Å²) < 4.78 is 16.0. The molecule has 0 atom stereocenters. The smallest absolute Gasteiger partial charge is 0.311 e. The maximum Gasteiger partial charge on any atom is 0.311 e. The van der Waals surface area contributed by atoms with Crippen molar-refractivity contribution in [1.82, 2.24) is 4.98 Å². The van der Waals surface area contributed by atoms with Crippen LogP contribution in [0.4, 0.5) is 5.13 Å². The largest absolute Gasteiger partial charge is 0.493 e. The van der Waals surface area contributed by atoms with Gasteiger partial charge in [0, 0.05) is 5.38 Å². The molecule has 27 heavy (non-hydrogen) atoms. The van der Waals surface area contributed by atoms with E-state index in [1.54, 1.807) is 20.2 Å². The van der Waals surface area contributed by atoms with Crippen LogP contribution in [0.15, 0.2) is 28.7 Å². The van der Waals surface area contributed by atoms with Gasteiger partial charge in [-0.25, -0.2) is 4.98 Å². The molecule has 0 bridgehead atoms. The molecule has 1 aromatic heterocycles. The van der Waals surface area contributed by atoms with Gasteiger partial charge in [0.15, 0.2) is 11.5 Å². The van der Waals surface area contributed by atoms with Crippen molar-refractivity contribution in [2.45, 2.75) is 33.1 Å². The lowest BCUT2D eigenvalue weighted by molar-refractivity contribution is -0.142. The lowest BCUT2D eigenvalue weighted by Crippen LogP contribution is -2.07. The number of carbonyl (C=O) groups is 1. The number of nitrogens with one attached hydrogen (secondary N) is 1. The molecular weight excluding hydrogens is 366 g/mol. The van der Waals surface area contributed by atoms with Crippen LogP contribution in [0.2, 0.25) is 0 Å². The van der Waals surface area contributed by atoms with Gasteiger partial charge in [0.05, 0.1) is 38.7 Å². The predicted octanol–water partition coefficient (Wildman–Crippen LogP) is 3.88. The summed E-state index contributed by atoms with van der Waals surface area (Å²) in [4.78, 5) is 15.8. The number of anilines is 1. The average molecular weight is 391 g/mol. The van der Waals surface area contributed by atoms with Gasteiger partial charge >= 0.3 is 5.97 Å². The van der Waals surface area contributed by atoms with Gasteiger partial charge in [0.2, 0.25) is 5.13 Å². The molecule has 0 aliphatic heterocycles. The first-order chi connectivity index (χ1) is 13.2. The highest BCUT2D eigenvalue weighted by Crippen LogP contribution is 2.27. The third-order valence-electron chi connectivity index (χ3n) is 3.50. The first-order valence-electron chi connectivity index (χ1n) is 8.86. The van der Waals surface area contributed by atoms with Gasteiger partial charge in [-0.05, 0) is 37.1 Å². The SMILES string of the molecule is CCCCOc1cc(C=NNc2nc(CC(=O)OCC)cs2)ccc1OC. The molecule has 1 heterocycles. The van der Waals surface area contributed by atoms with E-state index in [1.165, 1.54) is 11.3 Å². The minimum atomic E-state index is -0.285. The molecule has 1 N–H and O–H groups in total. The Bertz CT molecular complexity index is 761. The van der Waals surface area contributed by atoms with E-state index in [0.717, 1.165) is 18.4 Å². The number of benzene rings is 1. The Labute approximate surface area is 163 Å². The Kier molecular flexibility index (Phi) is 8.57. The summed E-state index contributed by atoms with van der Waals surface area (Å²) in [6, 6.07) is 5.63. The number of hydrogen-bond acceptors (Lipinski definition) is 8. The fraction of sp³-hybridized carbons (Fsp3) is 0.421. The number of thiazole rings is 1. The molecule has 0 radical (unpaired) electrons. The normalized spacial score (nSPS) is 10.8. The van der Waals surface area contributed by atoms with Crippen molar-refractivity contribution in [1.29, 1.82) is 0 Å². The predicted molar refractivity (Wildman–Crippen MR) is 107 cm³/mol. The van der Waals surface area contributed by atoms with Crippen LogP contribution in [0.3, 0.4) is 0 Å². The number of hydrazone groups is 1. The van der Waals surface area contributed by atoms with Gasteiger partial charge in [-0.3, -0.25) is 10.2 Å². The number of hydrogen-bond donors (Lipinski definition) is 1. The number of aromatic nitrogens is 1. The van der Waals surface area contributed by atoms with Crippen molar-refractivity contribution >= 4 is 28.7 Å². The lowest BCUT2D eigenvalue weighted by Gasteiger charge is -2.10. The molecule has 7 nitrogen and oxygen atoms in total. The molecule has 1 aromatic carbocycles. The van der Waals surface area contributed by atoms with Crippen LogP contribution < -0.4 is 14.9 Å². The monoisotopic (exact) mass is 391 g/mol. The van der Waals surface area contributed by atoms with Crippen molar-refractivity contribution in [2.24, 2.45) is 5.10 Å². The van der Waals surface area contributed by atoms with Crippen molar-refractivity contribution in [3.8, 4) is 11.5 Å². The summed E-state index contributed by atoms with van der Waals surface area (Å²) in [5.41, 5.74) is 4.40. The zero-order valence-corrected chi connectivity index (χ0v) is 16.7. The number of rotatable bonds is 11. The molecular formula is C19H25N3O4S. The van der Waals surface area contributed by atoms with E-state index in [0.29, 0.717) is 35.5 Å². The number of nitrogens with zero attached hydrogens (tertiary/aromatic N) is 2. The molecule has 2 aromatic rings. The number of carbonyl (C=O) groups excluding carboxylic acids is 1. The van der Waals surface area contributed by atoms with Crippen LogP contribution in [0.5, 0.6) is 11.5 Å².